The van der Waals surface area contributed by atoms with Gasteiger partial charge in [0.25, 0.3) is 5.91 Å². The van der Waals surface area contributed by atoms with E-state index in [0.717, 1.165) is 24.2 Å². The zero-order chi connectivity index (χ0) is 13.7. The second kappa shape index (κ2) is 6.40. The van der Waals surface area contributed by atoms with Crippen molar-refractivity contribution >= 4 is 11.6 Å². The monoisotopic (exact) mass is 249 g/mol. The van der Waals surface area contributed by atoms with E-state index in [9.17, 15) is 4.79 Å². The Morgan fingerprint density at radius 3 is 2.56 bits per heavy atom. The molecule has 1 atom stereocenters. The molecule has 3 N–H and O–H groups in total. The Kier molecular flexibility index (Phi) is 5.16. The van der Waals surface area contributed by atoms with E-state index in [1.54, 1.807) is 0 Å². The maximum Gasteiger partial charge on any atom is 0.254 e. The predicted molar refractivity (Wildman–Crippen MR) is 75.5 cm³/mol. The van der Waals surface area contributed by atoms with Crippen molar-refractivity contribution in [3.05, 3.63) is 29.3 Å². The minimum Gasteiger partial charge on any atom is -0.336 e. The molecule has 0 aliphatic carbocycles. The molecule has 0 aromatic heterocycles. The van der Waals surface area contributed by atoms with Gasteiger partial charge >= 0.3 is 0 Å². The Morgan fingerprint density at radius 1 is 1.44 bits per heavy atom. The Morgan fingerprint density at radius 2 is 2.11 bits per heavy atom. The van der Waals surface area contributed by atoms with Gasteiger partial charge in [-0.15, -0.1) is 0 Å². The van der Waals surface area contributed by atoms with E-state index < -0.39 is 0 Å². The van der Waals surface area contributed by atoms with E-state index in [0.29, 0.717) is 5.56 Å². The van der Waals surface area contributed by atoms with E-state index in [-0.39, 0.29) is 11.9 Å². The van der Waals surface area contributed by atoms with Gasteiger partial charge in [0.05, 0.1) is 5.69 Å². The number of carbonyl (C=O) groups excluding carboxylic acids is 1. The van der Waals surface area contributed by atoms with Crippen molar-refractivity contribution in [3.8, 4) is 0 Å². The van der Waals surface area contributed by atoms with Crippen molar-refractivity contribution in [1.29, 1.82) is 0 Å². The molecular formula is C14H23N3O. The largest absolute Gasteiger partial charge is 0.336 e. The minimum atomic E-state index is 0.0820. The number of hydrogen-bond acceptors (Lipinski definition) is 3. The third kappa shape index (κ3) is 3.01. The lowest BCUT2D eigenvalue weighted by Crippen LogP contribution is -2.38. The highest BCUT2D eigenvalue weighted by molar-refractivity contribution is 5.95. The topological polar surface area (TPSA) is 58.4 Å². The van der Waals surface area contributed by atoms with E-state index in [2.05, 4.69) is 19.3 Å². The summed E-state index contributed by atoms with van der Waals surface area (Å²) in [4.78, 5) is 14.3. The van der Waals surface area contributed by atoms with Gasteiger partial charge in [0.2, 0.25) is 0 Å². The lowest BCUT2D eigenvalue weighted by molar-refractivity contribution is 0.0700. The molecule has 0 aliphatic heterocycles. The molecular weight excluding hydrogens is 226 g/mol. The second-order valence-electron chi connectivity index (χ2n) is 4.52. The number of nitrogens with two attached hydrogens (primary N) is 1. The Bertz CT molecular complexity index is 418. The normalized spacial score (nSPS) is 12.1. The number of nitrogen functional groups attached to an aromatic ring is 1. The van der Waals surface area contributed by atoms with Crippen LogP contribution in [0, 0.1) is 6.92 Å². The minimum absolute atomic E-state index is 0.0820. The average molecular weight is 249 g/mol. The summed E-state index contributed by atoms with van der Waals surface area (Å²) < 4.78 is 0. The second-order valence-corrected chi connectivity index (χ2v) is 4.52. The van der Waals surface area contributed by atoms with E-state index in [1.165, 1.54) is 0 Å². The molecule has 1 rings (SSSR count). The van der Waals surface area contributed by atoms with Crippen LogP contribution in [-0.4, -0.2) is 23.4 Å². The van der Waals surface area contributed by atoms with Crippen molar-refractivity contribution in [3.63, 3.8) is 0 Å². The van der Waals surface area contributed by atoms with E-state index in [1.807, 2.05) is 36.9 Å². The van der Waals surface area contributed by atoms with Crippen LogP contribution in [0.3, 0.4) is 0 Å². The third-order valence-corrected chi connectivity index (χ3v) is 3.35. The summed E-state index contributed by atoms with van der Waals surface area (Å²) in [5.41, 5.74) is 5.15. The van der Waals surface area contributed by atoms with E-state index >= 15 is 0 Å². The highest BCUT2D eigenvalue weighted by Crippen LogP contribution is 2.18. The highest BCUT2D eigenvalue weighted by Gasteiger charge is 2.19. The van der Waals surface area contributed by atoms with Crippen LogP contribution >= 0.6 is 0 Å². The zero-order valence-electron chi connectivity index (χ0n) is 11.7. The van der Waals surface area contributed by atoms with Crippen molar-refractivity contribution in [2.45, 2.75) is 40.2 Å². The van der Waals surface area contributed by atoms with Crippen molar-refractivity contribution < 1.29 is 4.79 Å². The first-order valence-corrected chi connectivity index (χ1v) is 6.43. The number of nitrogens with one attached hydrogen (secondary N) is 1. The van der Waals surface area contributed by atoms with Crippen LogP contribution in [0.25, 0.3) is 0 Å². The van der Waals surface area contributed by atoms with E-state index in [4.69, 9.17) is 5.84 Å². The van der Waals surface area contributed by atoms with Gasteiger partial charge in [-0.3, -0.25) is 10.6 Å². The maximum atomic E-state index is 12.4. The number of rotatable bonds is 5. The van der Waals surface area contributed by atoms with Crippen LogP contribution in [0.1, 0.15) is 43.1 Å². The molecule has 0 aliphatic rings. The fourth-order valence-corrected chi connectivity index (χ4v) is 2.00. The summed E-state index contributed by atoms with van der Waals surface area (Å²) in [7, 11) is 0. The van der Waals surface area contributed by atoms with Crippen LogP contribution in [0.4, 0.5) is 5.69 Å². The first-order valence-electron chi connectivity index (χ1n) is 6.43. The van der Waals surface area contributed by atoms with Crippen LogP contribution in [-0.2, 0) is 0 Å². The fourth-order valence-electron chi connectivity index (χ4n) is 2.00. The van der Waals surface area contributed by atoms with Crippen LogP contribution in [0.5, 0.6) is 0 Å². The smallest absolute Gasteiger partial charge is 0.254 e. The summed E-state index contributed by atoms with van der Waals surface area (Å²) in [5, 5.41) is 0. The number of hydrazine groups is 1. The summed E-state index contributed by atoms with van der Waals surface area (Å²) in [5.74, 6) is 5.47. The van der Waals surface area contributed by atoms with Crippen molar-refractivity contribution in [2.75, 3.05) is 12.0 Å². The molecule has 4 heteroatoms. The van der Waals surface area contributed by atoms with Crippen molar-refractivity contribution in [2.24, 2.45) is 5.84 Å². The van der Waals surface area contributed by atoms with Crippen molar-refractivity contribution in [1.82, 2.24) is 4.90 Å². The highest BCUT2D eigenvalue weighted by atomic mass is 16.2. The Hall–Kier alpha value is -1.55. The summed E-state index contributed by atoms with van der Waals surface area (Å²) >= 11 is 0. The molecule has 1 amide bonds. The van der Waals surface area contributed by atoms with Crippen LogP contribution in [0.2, 0.25) is 0 Å². The molecule has 4 nitrogen and oxygen atoms in total. The van der Waals surface area contributed by atoms with Gasteiger partial charge in [0, 0.05) is 18.2 Å². The number of carbonyl (C=O) groups is 1. The standard InChI is InChI=1S/C14H23N3O/c1-5-11(4)17(6-2)14(18)12-7-8-13(16-15)10(3)9-12/h7-9,11,16H,5-6,15H2,1-4H3. The molecule has 18 heavy (non-hydrogen) atoms. The number of hydrogen-bond donors (Lipinski definition) is 2. The Labute approximate surface area is 109 Å². The molecule has 0 bridgehead atoms. The summed E-state index contributed by atoms with van der Waals surface area (Å²) in [6.07, 6.45) is 0.959. The summed E-state index contributed by atoms with van der Waals surface area (Å²) in [6, 6.07) is 5.79. The van der Waals surface area contributed by atoms with Crippen LogP contribution < -0.4 is 11.3 Å². The van der Waals surface area contributed by atoms with Gasteiger partial charge in [-0.2, -0.15) is 0 Å². The first-order chi connectivity index (χ1) is 8.54. The van der Waals surface area contributed by atoms with Gasteiger partial charge in [0.1, 0.15) is 0 Å². The number of aryl methyl sites for hydroxylation is 1. The molecule has 1 aromatic carbocycles. The zero-order valence-corrected chi connectivity index (χ0v) is 11.7. The molecule has 1 unspecified atom stereocenters. The van der Waals surface area contributed by atoms with Gasteiger partial charge in [-0.25, -0.2) is 0 Å². The number of amides is 1. The molecule has 0 saturated carbocycles. The van der Waals surface area contributed by atoms with Gasteiger partial charge < -0.3 is 10.3 Å². The third-order valence-electron chi connectivity index (χ3n) is 3.35. The quantitative estimate of drug-likeness (QED) is 0.623. The SMILES string of the molecule is CCC(C)N(CC)C(=O)c1ccc(NN)c(C)c1. The number of nitrogens with zero attached hydrogens (tertiary/aromatic N) is 1. The van der Waals surface area contributed by atoms with Gasteiger partial charge in [-0.1, -0.05) is 6.92 Å². The van der Waals surface area contributed by atoms with Gasteiger partial charge in [-0.05, 0) is 51.0 Å². The molecule has 0 radical (unpaired) electrons. The van der Waals surface area contributed by atoms with Gasteiger partial charge in [0.15, 0.2) is 0 Å². The molecule has 0 fully saturated rings. The lowest BCUT2D eigenvalue weighted by atomic mass is 10.1. The molecule has 0 spiro atoms. The number of anilines is 1. The average Bonchev–Trinajstić information content (AvgIpc) is 2.38. The molecule has 0 heterocycles. The first kappa shape index (κ1) is 14.5. The fraction of sp³-hybridized carbons (Fsp3) is 0.500. The van der Waals surface area contributed by atoms with Crippen LogP contribution in [0.15, 0.2) is 18.2 Å². The maximum absolute atomic E-state index is 12.4. The molecule has 0 saturated heterocycles. The molecule has 100 valence electrons. The molecule has 1 aromatic rings. The summed E-state index contributed by atoms with van der Waals surface area (Å²) in [6.45, 7) is 8.83. The predicted octanol–water partition coefficient (Wildman–Crippen LogP) is 2.54. The lowest BCUT2D eigenvalue weighted by Gasteiger charge is -2.27. The Balaban J connectivity index is 2.99. The number of benzene rings is 1.